The molecule has 0 radical (unpaired) electrons. The second-order valence-corrected chi connectivity index (χ2v) is 5.75. The summed E-state index contributed by atoms with van der Waals surface area (Å²) in [6.45, 7) is 2.18. The van der Waals surface area contributed by atoms with Crippen molar-refractivity contribution in [1.29, 1.82) is 0 Å². The zero-order valence-electron chi connectivity index (χ0n) is 13.4. The van der Waals surface area contributed by atoms with Crippen LogP contribution in [0.25, 0.3) is 33.7 Å². The van der Waals surface area contributed by atoms with E-state index >= 15 is 0 Å². The van der Waals surface area contributed by atoms with E-state index in [1.165, 1.54) is 5.56 Å². The Hall–Kier alpha value is -3.01. The van der Waals surface area contributed by atoms with Crippen LogP contribution < -0.4 is 0 Å². The summed E-state index contributed by atoms with van der Waals surface area (Å²) in [6.07, 6.45) is 4.00. The first-order valence-electron chi connectivity index (χ1n) is 8.12. The molecular formula is C20H17N3O. The maximum absolute atomic E-state index is 5.47. The summed E-state index contributed by atoms with van der Waals surface area (Å²) in [7, 11) is 0. The van der Waals surface area contributed by atoms with Gasteiger partial charge in [-0.05, 0) is 36.2 Å². The van der Waals surface area contributed by atoms with Gasteiger partial charge in [-0.2, -0.15) is 4.98 Å². The molecule has 0 unspecified atom stereocenters. The number of aromatic nitrogens is 3. The molecule has 0 saturated heterocycles. The first-order chi connectivity index (χ1) is 11.8. The quantitative estimate of drug-likeness (QED) is 0.537. The lowest BCUT2D eigenvalue weighted by molar-refractivity contribution is 0.432. The Morgan fingerprint density at radius 1 is 0.958 bits per heavy atom. The van der Waals surface area contributed by atoms with E-state index < -0.39 is 0 Å². The molecule has 0 saturated carbocycles. The molecule has 0 aliphatic rings. The van der Waals surface area contributed by atoms with Gasteiger partial charge in [0.2, 0.25) is 5.82 Å². The van der Waals surface area contributed by atoms with E-state index in [-0.39, 0.29) is 0 Å². The third kappa shape index (κ3) is 2.67. The molecule has 0 atom stereocenters. The van der Waals surface area contributed by atoms with E-state index in [4.69, 9.17) is 4.52 Å². The zero-order valence-corrected chi connectivity index (χ0v) is 13.4. The Morgan fingerprint density at radius 3 is 2.67 bits per heavy atom. The van der Waals surface area contributed by atoms with Crippen LogP contribution in [0.3, 0.4) is 0 Å². The molecule has 4 aromatic rings. The Morgan fingerprint density at radius 2 is 1.83 bits per heavy atom. The van der Waals surface area contributed by atoms with Crippen LogP contribution >= 0.6 is 0 Å². The number of benzene rings is 2. The van der Waals surface area contributed by atoms with Crippen LogP contribution in [0.1, 0.15) is 18.9 Å². The fourth-order valence-corrected chi connectivity index (χ4v) is 2.85. The molecule has 0 bridgehead atoms. The molecule has 4 rings (SSSR count). The molecule has 2 heterocycles. The highest BCUT2D eigenvalue weighted by Crippen LogP contribution is 2.27. The lowest BCUT2D eigenvalue weighted by Crippen LogP contribution is -1.86. The lowest BCUT2D eigenvalue weighted by Gasteiger charge is -2.01. The maximum atomic E-state index is 5.47. The van der Waals surface area contributed by atoms with Crippen LogP contribution in [0.15, 0.2) is 65.3 Å². The molecule has 0 aliphatic carbocycles. The van der Waals surface area contributed by atoms with Gasteiger partial charge in [0, 0.05) is 22.7 Å². The van der Waals surface area contributed by atoms with Gasteiger partial charge in [0.25, 0.3) is 5.89 Å². The van der Waals surface area contributed by atoms with Crippen molar-refractivity contribution in [3.05, 3.63) is 66.4 Å². The maximum Gasteiger partial charge on any atom is 0.258 e. The summed E-state index contributed by atoms with van der Waals surface area (Å²) in [5.74, 6) is 1.12. The van der Waals surface area contributed by atoms with Crippen molar-refractivity contribution in [3.8, 4) is 22.8 Å². The topological polar surface area (TPSA) is 51.8 Å². The molecule has 0 amide bonds. The lowest BCUT2D eigenvalue weighted by atomic mass is 10.1. The van der Waals surface area contributed by atoms with Crippen molar-refractivity contribution >= 4 is 10.9 Å². The number of aryl methyl sites for hydroxylation is 1. The van der Waals surface area contributed by atoms with Gasteiger partial charge in [-0.25, -0.2) is 0 Å². The molecule has 2 aromatic carbocycles. The van der Waals surface area contributed by atoms with Crippen molar-refractivity contribution < 1.29 is 4.52 Å². The summed E-state index contributed by atoms with van der Waals surface area (Å²) >= 11 is 0. The number of pyridine rings is 1. The summed E-state index contributed by atoms with van der Waals surface area (Å²) in [6, 6.07) is 18.2. The standard InChI is InChI=1S/C20H17N3O/c1-2-5-14-9-11-15(12-10-14)20-22-19(23-24-20)17-6-3-8-18-16(17)7-4-13-21-18/h3-4,6-13H,2,5H2,1H3. The minimum Gasteiger partial charge on any atom is -0.334 e. The van der Waals surface area contributed by atoms with Gasteiger partial charge in [0.1, 0.15) is 0 Å². The normalized spacial score (nSPS) is 11.0. The minimum atomic E-state index is 0.536. The van der Waals surface area contributed by atoms with Gasteiger partial charge < -0.3 is 4.52 Å². The van der Waals surface area contributed by atoms with Crippen LogP contribution in [0, 0.1) is 0 Å². The fourth-order valence-electron chi connectivity index (χ4n) is 2.85. The van der Waals surface area contributed by atoms with Gasteiger partial charge in [0.15, 0.2) is 0 Å². The van der Waals surface area contributed by atoms with E-state index in [0.717, 1.165) is 34.9 Å². The molecule has 0 aliphatic heterocycles. The average molecular weight is 315 g/mol. The number of hydrogen-bond acceptors (Lipinski definition) is 4. The minimum absolute atomic E-state index is 0.536. The number of fused-ring (bicyclic) bond motifs is 1. The van der Waals surface area contributed by atoms with E-state index in [9.17, 15) is 0 Å². The third-order valence-electron chi connectivity index (χ3n) is 4.05. The molecule has 4 heteroatoms. The van der Waals surface area contributed by atoms with Gasteiger partial charge in [-0.15, -0.1) is 0 Å². The van der Waals surface area contributed by atoms with Gasteiger partial charge in [-0.3, -0.25) is 4.98 Å². The second-order valence-electron chi connectivity index (χ2n) is 5.75. The first-order valence-corrected chi connectivity index (χ1v) is 8.12. The van der Waals surface area contributed by atoms with Gasteiger partial charge >= 0.3 is 0 Å². The Balaban J connectivity index is 1.71. The predicted octanol–water partition coefficient (Wildman–Crippen LogP) is 4.90. The largest absolute Gasteiger partial charge is 0.334 e. The summed E-state index contributed by atoms with van der Waals surface area (Å²) in [5, 5.41) is 5.18. The molecule has 0 N–H and O–H groups in total. The van der Waals surface area contributed by atoms with Crippen LogP contribution in [0.5, 0.6) is 0 Å². The highest BCUT2D eigenvalue weighted by atomic mass is 16.5. The molecule has 0 fully saturated rings. The monoisotopic (exact) mass is 315 g/mol. The highest BCUT2D eigenvalue weighted by molar-refractivity contribution is 5.92. The number of hydrogen-bond donors (Lipinski definition) is 0. The highest BCUT2D eigenvalue weighted by Gasteiger charge is 2.13. The molecule has 0 spiro atoms. The molecule has 2 aromatic heterocycles. The third-order valence-corrected chi connectivity index (χ3v) is 4.05. The van der Waals surface area contributed by atoms with E-state index in [2.05, 4.69) is 34.2 Å². The van der Waals surface area contributed by atoms with Crippen molar-refractivity contribution in [1.82, 2.24) is 15.1 Å². The molecule has 24 heavy (non-hydrogen) atoms. The Kier molecular flexibility index (Phi) is 3.79. The van der Waals surface area contributed by atoms with E-state index in [0.29, 0.717) is 11.7 Å². The van der Waals surface area contributed by atoms with Crippen molar-refractivity contribution in [2.75, 3.05) is 0 Å². The number of rotatable bonds is 4. The van der Waals surface area contributed by atoms with E-state index in [1.54, 1.807) is 6.20 Å². The molecule has 4 nitrogen and oxygen atoms in total. The predicted molar refractivity (Wildman–Crippen MR) is 94.5 cm³/mol. The smallest absolute Gasteiger partial charge is 0.258 e. The Labute approximate surface area is 140 Å². The number of nitrogens with zero attached hydrogens (tertiary/aromatic N) is 3. The SMILES string of the molecule is CCCc1ccc(-c2nc(-c3cccc4ncccc34)no2)cc1. The molecule has 118 valence electrons. The van der Waals surface area contributed by atoms with Crippen molar-refractivity contribution in [2.24, 2.45) is 0 Å². The van der Waals surface area contributed by atoms with Gasteiger partial charge in [0.05, 0.1) is 5.52 Å². The van der Waals surface area contributed by atoms with Crippen LogP contribution in [0.4, 0.5) is 0 Å². The summed E-state index contributed by atoms with van der Waals surface area (Å²) < 4.78 is 5.47. The van der Waals surface area contributed by atoms with Crippen molar-refractivity contribution in [3.63, 3.8) is 0 Å². The first kappa shape index (κ1) is 14.6. The average Bonchev–Trinajstić information content (AvgIpc) is 3.12. The van der Waals surface area contributed by atoms with Crippen molar-refractivity contribution in [2.45, 2.75) is 19.8 Å². The van der Waals surface area contributed by atoms with E-state index in [1.807, 2.05) is 42.5 Å². The van der Waals surface area contributed by atoms with Gasteiger partial charge in [-0.1, -0.05) is 48.8 Å². The summed E-state index contributed by atoms with van der Waals surface area (Å²) in [5.41, 5.74) is 4.11. The Bertz CT molecular complexity index is 968. The second kappa shape index (κ2) is 6.24. The summed E-state index contributed by atoms with van der Waals surface area (Å²) in [4.78, 5) is 8.94. The molecular weight excluding hydrogens is 298 g/mol. The van der Waals surface area contributed by atoms with Crippen LogP contribution in [0.2, 0.25) is 0 Å². The van der Waals surface area contributed by atoms with Crippen LogP contribution in [-0.2, 0) is 6.42 Å². The van der Waals surface area contributed by atoms with Crippen LogP contribution in [-0.4, -0.2) is 15.1 Å². The zero-order chi connectivity index (χ0) is 16.4. The fraction of sp³-hybridized carbons (Fsp3) is 0.150.